The van der Waals surface area contributed by atoms with Crippen molar-refractivity contribution in [3.8, 4) is 5.75 Å². The van der Waals surface area contributed by atoms with Gasteiger partial charge in [-0.3, -0.25) is 14.5 Å². The summed E-state index contributed by atoms with van der Waals surface area (Å²) in [6.45, 7) is 3.08. The summed E-state index contributed by atoms with van der Waals surface area (Å²) in [5.41, 5.74) is 0.644. The molecule has 1 aromatic rings. The van der Waals surface area contributed by atoms with Crippen LogP contribution in [0.25, 0.3) is 0 Å². The van der Waals surface area contributed by atoms with Crippen molar-refractivity contribution >= 4 is 17.6 Å². The Morgan fingerprint density at radius 3 is 2.67 bits per heavy atom. The second-order valence-corrected chi connectivity index (χ2v) is 4.54. The minimum atomic E-state index is -0.288. The second-order valence-electron chi connectivity index (χ2n) is 4.54. The van der Waals surface area contributed by atoms with E-state index in [4.69, 9.17) is 4.74 Å². The molecule has 6 heteroatoms. The molecule has 21 heavy (non-hydrogen) atoms. The monoisotopic (exact) mass is 294 g/mol. The zero-order valence-corrected chi connectivity index (χ0v) is 12.7. The quantitative estimate of drug-likeness (QED) is 0.736. The molecule has 116 valence electrons. The molecule has 0 saturated carbocycles. The first-order valence-corrected chi connectivity index (χ1v) is 6.83. The van der Waals surface area contributed by atoms with Gasteiger partial charge in [0.25, 0.3) is 0 Å². The third kappa shape index (κ3) is 6.27. The summed E-state index contributed by atoms with van der Waals surface area (Å²) in [6, 6.07) is 7.28. The highest BCUT2D eigenvalue weighted by atomic mass is 16.5. The minimum absolute atomic E-state index is 0.158. The van der Waals surface area contributed by atoms with Crippen LogP contribution in [-0.2, 0) is 14.3 Å². The van der Waals surface area contributed by atoms with Crippen molar-refractivity contribution in [3.05, 3.63) is 24.3 Å². The Hall–Kier alpha value is -2.08. The van der Waals surface area contributed by atoms with Crippen molar-refractivity contribution in [2.45, 2.75) is 13.3 Å². The normalized spacial score (nSPS) is 10.3. The molecule has 6 nitrogen and oxygen atoms in total. The number of esters is 1. The van der Waals surface area contributed by atoms with Gasteiger partial charge in [0.2, 0.25) is 5.91 Å². The average molecular weight is 294 g/mol. The van der Waals surface area contributed by atoms with Gasteiger partial charge in [-0.2, -0.15) is 0 Å². The Labute approximate surface area is 125 Å². The van der Waals surface area contributed by atoms with Crippen LogP contribution in [0.4, 0.5) is 5.69 Å². The summed E-state index contributed by atoms with van der Waals surface area (Å²) in [5, 5.41) is 2.81. The van der Waals surface area contributed by atoms with Gasteiger partial charge >= 0.3 is 5.97 Å². The van der Waals surface area contributed by atoms with E-state index in [1.165, 1.54) is 7.11 Å². The van der Waals surface area contributed by atoms with Crippen LogP contribution in [0.2, 0.25) is 0 Å². The lowest BCUT2D eigenvalue weighted by molar-refractivity contribution is -0.141. The molecular formula is C15H22N2O4. The van der Waals surface area contributed by atoms with Crippen LogP contribution < -0.4 is 10.1 Å². The highest BCUT2D eigenvalue weighted by Crippen LogP contribution is 2.23. The Balaban J connectivity index is 2.48. The van der Waals surface area contributed by atoms with Crippen molar-refractivity contribution in [1.29, 1.82) is 0 Å². The highest BCUT2D eigenvalue weighted by Gasteiger charge is 2.11. The van der Waals surface area contributed by atoms with Crippen LogP contribution in [0.1, 0.15) is 13.3 Å². The smallest absolute Gasteiger partial charge is 0.306 e. The van der Waals surface area contributed by atoms with Crippen molar-refractivity contribution in [2.75, 3.05) is 39.2 Å². The first-order valence-electron chi connectivity index (χ1n) is 6.83. The number of benzene rings is 1. The molecule has 1 N–H and O–H groups in total. The molecule has 0 aliphatic heterocycles. The number of nitrogens with zero attached hydrogens (tertiary/aromatic N) is 1. The Bertz CT molecular complexity index is 476. The van der Waals surface area contributed by atoms with Gasteiger partial charge in [0.15, 0.2) is 0 Å². The number of likely N-dealkylation sites (N-methyl/N-ethyl adjacent to an activating group) is 1. The van der Waals surface area contributed by atoms with Gasteiger partial charge in [0, 0.05) is 6.54 Å². The topological polar surface area (TPSA) is 67.9 Å². The third-order valence-electron chi connectivity index (χ3n) is 2.80. The molecule has 0 spiro atoms. The molecule has 0 radical (unpaired) electrons. The molecular weight excluding hydrogens is 272 g/mol. The predicted octanol–water partition coefficient (Wildman–Crippen LogP) is 1.52. The van der Waals surface area contributed by atoms with E-state index in [1.807, 2.05) is 19.1 Å². The SMILES string of the molecule is CCOc1ccccc1NC(=O)CN(C)CCC(=O)OC. The molecule has 1 aromatic carbocycles. The van der Waals surface area contributed by atoms with E-state index >= 15 is 0 Å². The summed E-state index contributed by atoms with van der Waals surface area (Å²) in [7, 11) is 3.12. The van der Waals surface area contributed by atoms with E-state index in [0.29, 0.717) is 24.6 Å². The lowest BCUT2D eigenvalue weighted by atomic mass is 10.3. The maximum atomic E-state index is 12.0. The second kappa shape index (κ2) is 8.97. The number of carbonyl (C=O) groups excluding carboxylic acids is 2. The third-order valence-corrected chi connectivity index (χ3v) is 2.80. The molecule has 0 aromatic heterocycles. The molecule has 0 saturated heterocycles. The number of ether oxygens (including phenoxy) is 2. The summed E-state index contributed by atoms with van der Waals surface area (Å²) < 4.78 is 10.0. The van der Waals surface area contributed by atoms with Gasteiger partial charge in [0.05, 0.1) is 32.4 Å². The van der Waals surface area contributed by atoms with Crippen LogP contribution in [0.15, 0.2) is 24.3 Å². The molecule has 0 unspecified atom stereocenters. The maximum absolute atomic E-state index is 12.0. The zero-order chi connectivity index (χ0) is 15.7. The van der Waals surface area contributed by atoms with E-state index in [-0.39, 0.29) is 24.8 Å². The number of nitrogens with one attached hydrogen (secondary N) is 1. The van der Waals surface area contributed by atoms with Gasteiger partial charge in [-0.25, -0.2) is 0 Å². The highest BCUT2D eigenvalue weighted by molar-refractivity contribution is 5.93. The largest absolute Gasteiger partial charge is 0.492 e. The molecule has 1 rings (SSSR count). The Kier molecular flexibility index (Phi) is 7.25. The fourth-order valence-electron chi connectivity index (χ4n) is 1.75. The fraction of sp³-hybridized carbons (Fsp3) is 0.467. The van der Waals surface area contributed by atoms with Crippen molar-refractivity contribution in [1.82, 2.24) is 4.90 Å². The fourth-order valence-corrected chi connectivity index (χ4v) is 1.75. The lowest BCUT2D eigenvalue weighted by Gasteiger charge is -2.16. The summed E-state index contributed by atoms with van der Waals surface area (Å²) in [5.74, 6) is 0.198. The van der Waals surface area contributed by atoms with Crippen molar-refractivity contribution in [3.63, 3.8) is 0 Å². The van der Waals surface area contributed by atoms with Crippen LogP contribution in [0.3, 0.4) is 0 Å². The minimum Gasteiger partial charge on any atom is -0.492 e. The van der Waals surface area contributed by atoms with E-state index in [2.05, 4.69) is 10.1 Å². The number of amides is 1. The number of methoxy groups -OCH3 is 1. The summed E-state index contributed by atoms with van der Waals surface area (Å²) >= 11 is 0. The zero-order valence-electron chi connectivity index (χ0n) is 12.7. The molecule has 0 fully saturated rings. The van der Waals surface area contributed by atoms with Crippen LogP contribution in [0.5, 0.6) is 5.75 Å². The van der Waals surface area contributed by atoms with E-state index < -0.39 is 0 Å². The number of carbonyl (C=O) groups is 2. The Morgan fingerprint density at radius 2 is 2.00 bits per heavy atom. The summed E-state index contributed by atoms with van der Waals surface area (Å²) in [4.78, 5) is 24.8. The van der Waals surface area contributed by atoms with Crippen molar-refractivity contribution < 1.29 is 19.1 Å². The average Bonchev–Trinajstić information content (AvgIpc) is 2.47. The van der Waals surface area contributed by atoms with Gasteiger partial charge in [0.1, 0.15) is 5.75 Å². The molecule has 0 bridgehead atoms. The Morgan fingerprint density at radius 1 is 1.29 bits per heavy atom. The van der Waals surface area contributed by atoms with Gasteiger partial charge in [-0.1, -0.05) is 12.1 Å². The van der Waals surface area contributed by atoms with Gasteiger partial charge in [-0.15, -0.1) is 0 Å². The first-order chi connectivity index (χ1) is 10.1. The lowest BCUT2D eigenvalue weighted by Crippen LogP contribution is -2.32. The number of para-hydroxylation sites is 2. The van der Waals surface area contributed by atoms with Gasteiger partial charge < -0.3 is 14.8 Å². The standard InChI is InChI=1S/C15H22N2O4/c1-4-21-13-8-6-5-7-12(13)16-14(18)11-17(2)10-9-15(19)20-3/h5-8H,4,9-11H2,1-3H3,(H,16,18). The van der Waals surface area contributed by atoms with Gasteiger partial charge in [-0.05, 0) is 26.1 Å². The molecule has 0 aliphatic rings. The van der Waals surface area contributed by atoms with Crippen molar-refractivity contribution in [2.24, 2.45) is 0 Å². The number of hydrogen-bond acceptors (Lipinski definition) is 5. The van der Waals surface area contributed by atoms with E-state index in [0.717, 1.165) is 0 Å². The summed E-state index contributed by atoms with van der Waals surface area (Å²) in [6.07, 6.45) is 0.260. The van der Waals surface area contributed by atoms with E-state index in [9.17, 15) is 9.59 Å². The van der Waals surface area contributed by atoms with E-state index in [1.54, 1.807) is 24.1 Å². The maximum Gasteiger partial charge on any atom is 0.306 e. The molecule has 1 amide bonds. The van der Waals surface area contributed by atoms with Crippen LogP contribution >= 0.6 is 0 Å². The first kappa shape index (κ1) is 17.0. The predicted molar refractivity (Wildman–Crippen MR) is 80.4 cm³/mol. The number of anilines is 1. The molecule has 0 heterocycles. The van der Waals surface area contributed by atoms with Crippen LogP contribution in [0, 0.1) is 0 Å². The molecule has 0 atom stereocenters. The number of rotatable bonds is 8. The van der Waals surface area contributed by atoms with Crippen LogP contribution in [-0.4, -0.2) is 50.6 Å². The molecule has 0 aliphatic carbocycles. The number of hydrogen-bond donors (Lipinski definition) is 1.